The fourth-order valence-corrected chi connectivity index (χ4v) is 4.71. The molecule has 0 spiro atoms. The smallest absolute Gasteiger partial charge is 0.354 e. The van der Waals surface area contributed by atoms with Crippen molar-refractivity contribution in [1.29, 1.82) is 0 Å². The summed E-state index contributed by atoms with van der Waals surface area (Å²) < 4.78 is 29.7. The molecule has 0 atom stereocenters. The monoisotopic (exact) mass is 410 g/mol. The molecule has 11 nitrogen and oxygen atoms in total. The number of rotatable bonds is 6. The van der Waals surface area contributed by atoms with E-state index >= 15 is 0 Å². The van der Waals surface area contributed by atoms with Crippen molar-refractivity contribution in [2.75, 3.05) is 26.2 Å². The van der Waals surface area contributed by atoms with Crippen molar-refractivity contribution in [3.63, 3.8) is 0 Å². The number of amides is 1. The van der Waals surface area contributed by atoms with Crippen LogP contribution >= 0.6 is 0 Å². The molecular formula is C16H22N6O5S. The second kappa shape index (κ2) is 7.72. The lowest BCUT2D eigenvalue weighted by atomic mass is 10.3. The molecule has 3 rings (SSSR count). The summed E-state index contributed by atoms with van der Waals surface area (Å²) in [6, 6.07) is 1.37. The van der Waals surface area contributed by atoms with Gasteiger partial charge in [-0.1, -0.05) is 0 Å². The molecule has 0 aliphatic carbocycles. The first-order chi connectivity index (χ1) is 13.2. The molecule has 1 fully saturated rings. The van der Waals surface area contributed by atoms with E-state index in [-0.39, 0.29) is 55.6 Å². The summed E-state index contributed by atoms with van der Waals surface area (Å²) in [5, 5.41) is 17.0. The van der Waals surface area contributed by atoms with Gasteiger partial charge in [-0.2, -0.15) is 14.5 Å². The van der Waals surface area contributed by atoms with E-state index in [2.05, 4.69) is 10.2 Å². The van der Waals surface area contributed by atoms with E-state index in [9.17, 15) is 18.0 Å². The number of hydrogen-bond acceptors (Lipinski definition) is 6. The van der Waals surface area contributed by atoms with Gasteiger partial charge >= 0.3 is 5.97 Å². The van der Waals surface area contributed by atoms with Gasteiger partial charge in [-0.05, 0) is 13.0 Å². The molecule has 0 saturated carbocycles. The predicted octanol–water partition coefficient (Wildman–Crippen LogP) is -0.454. The van der Waals surface area contributed by atoms with Crippen LogP contribution in [0.2, 0.25) is 0 Å². The van der Waals surface area contributed by atoms with Crippen LogP contribution in [0, 0.1) is 6.92 Å². The fourth-order valence-electron chi connectivity index (χ4n) is 3.10. The zero-order chi connectivity index (χ0) is 20.5. The van der Waals surface area contributed by atoms with Crippen LogP contribution in [-0.4, -0.2) is 80.3 Å². The van der Waals surface area contributed by atoms with Crippen molar-refractivity contribution < 1.29 is 23.1 Å². The average Bonchev–Trinajstić information content (AvgIpc) is 3.27. The Morgan fingerprint density at radius 1 is 1.18 bits per heavy atom. The molecule has 3 heterocycles. The molecule has 28 heavy (non-hydrogen) atoms. The maximum Gasteiger partial charge on any atom is 0.354 e. The quantitative estimate of drug-likeness (QED) is 0.682. The predicted molar refractivity (Wildman–Crippen MR) is 97.1 cm³/mol. The van der Waals surface area contributed by atoms with E-state index in [1.165, 1.54) is 32.1 Å². The second-order valence-electron chi connectivity index (χ2n) is 6.50. The van der Waals surface area contributed by atoms with E-state index in [4.69, 9.17) is 5.11 Å². The summed E-state index contributed by atoms with van der Waals surface area (Å²) in [6.45, 7) is 2.81. The maximum atomic E-state index is 12.8. The highest BCUT2D eigenvalue weighted by atomic mass is 32.2. The van der Waals surface area contributed by atoms with Crippen molar-refractivity contribution >= 4 is 21.9 Å². The Kier molecular flexibility index (Phi) is 5.52. The molecule has 152 valence electrons. The Hall–Kier alpha value is -2.73. The maximum absolute atomic E-state index is 12.8. The number of carboxylic acids is 1. The van der Waals surface area contributed by atoms with Crippen molar-refractivity contribution in [1.82, 2.24) is 28.8 Å². The number of carbonyl (C=O) groups is 2. The minimum absolute atomic E-state index is 0.0237. The van der Waals surface area contributed by atoms with Crippen LogP contribution < -0.4 is 0 Å². The number of carbonyl (C=O) groups excluding carboxylic acids is 1. The average molecular weight is 410 g/mol. The van der Waals surface area contributed by atoms with E-state index in [1.807, 2.05) is 0 Å². The van der Waals surface area contributed by atoms with Gasteiger partial charge in [-0.25, -0.2) is 13.2 Å². The normalized spacial score (nSPS) is 15.7. The van der Waals surface area contributed by atoms with E-state index in [0.29, 0.717) is 5.69 Å². The fraction of sp³-hybridized carbons (Fsp3) is 0.500. The molecule has 12 heteroatoms. The first-order valence-corrected chi connectivity index (χ1v) is 10.2. The van der Waals surface area contributed by atoms with Gasteiger partial charge in [0.15, 0.2) is 0 Å². The molecule has 1 aliphatic rings. The molecule has 0 bridgehead atoms. The van der Waals surface area contributed by atoms with Gasteiger partial charge in [0.05, 0.1) is 18.4 Å². The van der Waals surface area contributed by atoms with E-state index in [0.717, 1.165) is 0 Å². The summed E-state index contributed by atoms with van der Waals surface area (Å²) in [4.78, 5) is 25.3. The standard InChI is InChI=1S/C16H22N6O5S/c1-12-14(11-18-19(12)2)28(26,27)21-9-7-20(8-10-21)15(23)4-6-22-13(16(24)25)3-5-17-22/h3,5,11H,4,6-10H2,1-2H3,(H,24,25). The Morgan fingerprint density at radius 2 is 1.86 bits per heavy atom. The number of aromatic carboxylic acids is 1. The van der Waals surface area contributed by atoms with Gasteiger partial charge in [0, 0.05) is 45.8 Å². The summed E-state index contributed by atoms with van der Waals surface area (Å²) in [7, 11) is -1.97. The van der Waals surface area contributed by atoms with Crippen LogP contribution in [0.3, 0.4) is 0 Å². The summed E-state index contributed by atoms with van der Waals surface area (Å²) >= 11 is 0. The number of sulfonamides is 1. The molecule has 0 unspecified atom stereocenters. The van der Waals surface area contributed by atoms with Gasteiger partial charge < -0.3 is 10.0 Å². The van der Waals surface area contributed by atoms with Gasteiger partial charge in [-0.3, -0.25) is 14.2 Å². The number of aromatic nitrogens is 4. The Bertz CT molecular complexity index is 987. The zero-order valence-electron chi connectivity index (χ0n) is 15.6. The zero-order valence-corrected chi connectivity index (χ0v) is 16.5. The molecule has 0 aromatic carbocycles. The lowest BCUT2D eigenvalue weighted by Gasteiger charge is -2.34. The van der Waals surface area contributed by atoms with Crippen molar-refractivity contribution in [3.05, 3.63) is 29.8 Å². The SMILES string of the molecule is Cc1c(S(=O)(=O)N2CCN(C(=O)CCn3nccc3C(=O)O)CC2)cnn1C. The summed E-state index contributed by atoms with van der Waals surface area (Å²) in [5.74, 6) is -1.27. The van der Waals surface area contributed by atoms with Gasteiger partial charge in [0.2, 0.25) is 15.9 Å². The Morgan fingerprint density at radius 3 is 2.43 bits per heavy atom. The molecule has 1 amide bonds. The van der Waals surface area contributed by atoms with E-state index < -0.39 is 16.0 Å². The molecule has 2 aromatic rings. The second-order valence-corrected chi connectivity index (χ2v) is 8.40. The van der Waals surface area contributed by atoms with E-state index in [1.54, 1.807) is 18.9 Å². The third kappa shape index (κ3) is 3.78. The lowest BCUT2D eigenvalue weighted by Crippen LogP contribution is -2.50. The van der Waals surface area contributed by atoms with Crippen LogP contribution in [0.15, 0.2) is 23.4 Å². The molecule has 1 aliphatic heterocycles. The first-order valence-electron chi connectivity index (χ1n) is 8.73. The molecule has 0 radical (unpaired) electrons. The summed E-state index contributed by atoms with van der Waals surface area (Å²) in [6.07, 6.45) is 2.81. The molecule has 1 N–H and O–H groups in total. The summed E-state index contributed by atoms with van der Waals surface area (Å²) in [5.41, 5.74) is 0.586. The van der Waals surface area contributed by atoms with Crippen LogP contribution in [0.4, 0.5) is 0 Å². The van der Waals surface area contributed by atoms with Crippen molar-refractivity contribution in [2.45, 2.75) is 24.8 Å². The third-order valence-corrected chi connectivity index (χ3v) is 6.87. The number of piperazine rings is 1. The highest BCUT2D eigenvalue weighted by Gasteiger charge is 2.32. The highest BCUT2D eigenvalue weighted by Crippen LogP contribution is 2.20. The lowest BCUT2D eigenvalue weighted by molar-refractivity contribution is -0.132. The number of carboxylic acid groups (broad SMARTS) is 1. The van der Waals surface area contributed by atoms with Gasteiger partial charge in [0.25, 0.3) is 0 Å². The third-order valence-electron chi connectivity index (χ3n) is 4.87. The first kappa shape index (κ1) is 20.0. The van der Waals surface area contributed by atoms with Gasteiger partial charge in [-0.15, -0.1) is 0 Å². The minimum atomic E-state index is -3.65. The molecule has 2 aromatic heterocycles. The minimum Gasteiger partial charge on any atom is -0.477 e. The van der Waals surface area contributed by atoms with Crippen molar-refractivity contribution in [2.24, 2.45) is 7.05 Å². The topological polar surface area (TPSA) is 131 Å². The van der Waals surface area contributed by atoms with Crippen LogP contribution in [-0.2, 0) is 28.4 Å². The number of nitrogens with zero attached hydrogens (tertiary/aromatic N) is 6. The van der Waals surface area contributed by atoms with Crippen LogP contribution in [0.25, 0.3) is 0 Å². The number of aryl methyl sites for hydroxylation is 2. The highest BCUT2D eigenvalue weighted by molar-refractivity contribution is 7.89. The van der Waals surface area contributed by atoms with Gasteiger partial charge in [0.1, 0.15) is 10.6 Å². The van der Waals surface area contributed by atoms with Crippen molar-refractivity contribution in [3.8, 4) is 0 Å². The number of hydrogen-bond donors (Lipinski definition) is 1. The molecular weight excluding hydrogens is 388 g/mol. The molecule has 1 saturated heterocycles. The Labute approximate surface area is 162 Å². The Balaban J connectivity index is 1.57. The van der Waals surface area contributed by atoms with Crippen LogP contribution in [0.1, 0.15) is 22.6 Å². The largest absolute Gasteiger partial charge is 0.477 e. The van der Waals surface area contributed by atoms with Crippen LogP contribution in [0.5, 0.6) is 0 Å².